The van der Waals surface area contributed by atoms with Crippen LogP contribution in [0.25, 0.3) is 0 Å². The van der Waals surface area contributed by atoms with Crippen molar-refractivity contribution < 1.29 is 20.4 Å². The van der Waals surface area contributed by atoms with Crippen molar-refractivity contribution in [2.45, 2.75) is 30.8 Å². The maximum Gasteiger partial charge on any atom is 0.111 e. The van der Waals surface area contributed by atoms with E-state index < -0.39 is 18.3 Å². The smallest absolute Gasteiger partial charge is 0.111 e. The molecule has 0 unspecified atom stereocenters. The van der Waals surface area contributed by atoms with Crippen LogP contribution in [-0.2, 0) is 0 Å². The molecule has 6 heteroatoms. The van der Waals surface area contributed by atoms with E-state index in [4.69, 9.17) is 5.11 Å². The number of hydrogen-bond donors (Lipinski definition) is 5. The zero-order valence-corrected chi connectivity index (χ0v) is 9.10. The highest BCUT2D eigenvalue weighted by Gasteiger charge is 2.32. The first-order valence-electron chi connectivity index (χ1n) is 4.73. The molecule has 0 heterocycles. The molecule has 0 aromatic carbocycles. The average molecular weight is 240 g/mol. The van der Waals surface area contributed by atoms with Crippen LogP contribution in [0.2, 0.25) is 0 Å². The zero-order valence-electron chi connectivity index (χ0n) is 8.28. The topological polar surface area (TPSA) is 93.0 Å². The van der Waals surface area contributed by atoms with Crippen LogP contribution in [0.4, 0.5) is 0 Å². The molecule has 5 N–H and O–H groups in total. The molecule has 0 aliphatic heterocycles. The van der Waals surface area contributed by atoms with Crippen LogP contribution in [0, 0.1) is 0 Å². The Kier molecular flexibility index (Phi) is 7.08. The summed E-state index contributed by atoms with van der Waals surface area (Å²) in [7, 11) is 0. The predicted molar refractivity (Wildman–Crippen MR) is 57.9 cm³/mol. The molecule has 0 spiro atoms. The third kappa shape index (κ3) is 4.06. The largest absolute Gasteiger partial charge is 0.396 e. The van der Waals surface area contributed by atoms with Crippen LogP contribution >= 0.6 is 12.4 Å². The standard InChI is InChI=1S/C9H17NO4.ClH/c11-5-1-4-10-6-2-3-7(12)9(14)8(6)13;/h2-3,6-14H,1,4-5H2;1H/t6-,7+,8+,9+;/m0./s1. The molecular formula is C9H18ClNO4. The molecule has 0 saturated carbocycles. The van der Waals surface area contributed by atoms with E-state index in [0.29, 0.717) is 13.0 Å². The van der Waals surface area contributed by atoms with Crippen molar-refractivity contribution in [3.63, 3.8) is 0 Å². The second-order valence-corrected chi connectivity index (χ2v) is 3.41. The van der Waals surface area contributed by atoms with Gasteiger partial charge in [0.2, 0.25) is 0 Å². The highest BCUT2D eigenvalue weighted by atomic mass is 35.5. The Balaban J connectivity index is 0.00000196. The molecule has 15 heavy (non-hydrogen) atoms. The maximum absolute atomic E-state index is 9.52. The van der Waals surface area contributed by atoms with Crippen molar-refractivity contribution in [1.29, 1.82) is 0 Å². The zero-order chi connectivity index (χ0) is 10.6. The first kappa shape index (κ1) is 14.8. The van der Waals surface area contributed by atoms with Gasteiger partial charge in [0.1, 0.15) is 18.3 Å². The van der Waals surface area contributed by atoms with E-state index in [1.165, 1.54) is 6.08 Å². The van der Waals surface area contributed by atoms with Gasteiger partial charge in [-0.1, -0.05) is 12.2 Å². The van der Waals surface area contributed by atoms with Gasteiger partial charge < -0.3 is 25.7 Å². The number of hydrogen-bond acceptors (Lipinski definition) is 5. The third-order valence-electron chi connectivity index (χ3n) is 2.30. The molecule has 0 aromatic heterocycles. The van der Waals surface area contributed by atoms with E-state index in [0.717, 1.165) is 0 Å². The fraction of sp³-hybridized carbons (Fsp3) is 0.778. The van der Waals surface area contributed by atoms with Gasteiger partial charge in [-0.05, 0) is 13.0 Å². The van der Waals surface area contributed by atoms with E-state index >= 15 is 0 Å². The van der Waals surface area contributed by atoms with Gasteiger partial charge in [-0.2, -0.15) is 0 Å². The first-order chi connectivity index (χ1) is 6.66. The minimum Gasteiger partial charge on any atom is -0.396 e. The number of rotatable bonds is 4. The third-order valence-corrected chi connectivity index (χ3v) is 2.30. The molecule has 0 bridgehead atoms. The highest BCUT2D eigenvalue weighted by Crippen LogP contribution is 2.13. The molecule has 1 rings (SSSR count). The second kappa shape index (κ2) is 7.16. The summed E-state index contributed by atoms with van der Waals surface area (Å²) in [4.78, 5) is 0. The fourth-order valence-electron chi connectivity index (χ4n) is 1.41. The van der Waals surface area contributed by atoms with Gasteiger partial charge in [0.25, 0.3) is 0 Å². The van der Waals surface area contributed by atoms with Gasteiger partial charge >= 0.3 is 0 Å². The lowest BCUT2D eigenvalue weighted by Crippen LogP contribution is -2.52. The van der Waals surface area contributed by atoms with Crippen LogP contribution in [0.3, 0.4) is 0 Å². The molecule has 0 saturated heterocycles. The number of nitrogens with one attached hydrogen (secondary N) is 1. The quantitative estimate of drug-likeness (QED) is 0.301. The van der Waals surface area contributed by atoms with Crippen LogP contribution in [0.15, 0.2) is 12.2 Å². The summed E-state index contributed by atoms with van der Waals surface area (Å²) >= 11 is 0. The van der Waals surface area contributed by atoms with Crippen LogP contribution in [0.5, 0.6) is 0 Å². The molecule has 0 amide bonds. The van der Waals surface area contributed by atoms with E-state index in [9.17, 15) is 15.3 Å². The molecule has 0 aromatic rings. The summed E-state index contributed by atoms with van der Waals surface area (Å²) in [5.74, 6) is 0. The Bertz CT molecular complexity index is 203. The van der Waals surface area contributed by atoms with Crippen molar-refractivity contribution >= 4 is 12.4 Å². The monoisotopic (exact) mass is 239 g/mol. The summed E-state index contributed by atoms with van der Waals surface area (Å²) in [5.41, 5.74) is 0. The molecule has 4 atom stereocenters. The number of aliphatic hydroxyl groups excluding tert-OH is 4. The minimum absolute atomic E-state index is 0. The van der Waals surface area contributed by atoms with Crippen molar-refractivity contribution in [1.82, 2.24) is 5.32 Å². The van der Waals surface area contributed by atoms with Crippen LogP contribution in [0.1, 0.15) is 6.42 Å². The first-order valence-corrected chi connectivity index (χ1v) is 4.73. The fourth-order valence-corrected chi connectivity index (χ4v) is 1.41. The van der Waals surface area contributed by atoms with Crippen LogP contribution in [-0.4, -0.2) is 57.9 Å². The van der Waals surface area contributed by atoms with Gasteiger partial charge in [0.05, 0.1) is 6.04 Å². The highest BCUT2D eigenvalue weighted by molar-refractivity contribution is 5.85. The summed E-state index contributed by atoms with van der Waals surface area (Å²) in [6.45, 7) is 0.649. The van der Waals surface area contributed by atoms with Gasteiger partial charge in [0.15, 0.2) is 0 Å². The lowest BCUT2D eigenvalue weighted by molar-refractivity contribution is -0.0565. The summed E-state index contributed by atoms with van der Waals surface area (Å²) in [5, 5.41) is 39.5. The SMILES string of the molecule is Cl.OCCCN[C@H]1C=C[C@@H](O)[C@@H](O)[C@@H]1O. The normalized spacial score (nSPS) is 34.9. The Morgan fingerprint density at radius 2 is 1.73 bits per heavy atom. The van der Waals surface area contributed by atoms with Crippen LogP contribution < -0.4 is 5.32 Å². The Morgan fingerprint density at radius 1 is 1.07 bits per heavy atom. The van der Waals surface area contributed by atoms with E-state index in [1.807, 2.05) is 0 Å². The van der Waals surface area contributed by atoms with E-state index in [2.05, 4.69) is 5.32 Å². The number of aliphatic hydroxyl groups is 4. The predicted octanol–water partition coefficient (Wildman–Crippen LogP) is -1.60. The molecule has 5 nitrogen and oxygen atoms in total. The lowest BCUT2D eigenvalue weighted by atomic mass is 9.94. The van der Waals surface area contributed by atoms with E-state index in [-0.39, 0.29) is 25.1 Å². The summed E-state index contributed by atoms with van der Waals surface area (Å²) in [6.07, 6.45) is 0.518. The molecule has 90 valence electrons. The minimum atomic E-state index is -1.15. The Morgan fingerprint density at radius 3 is 2.33 bits per heavy atom. The molecule has 0 fully saturated rings. The lowest BCUT2D eigenvalue weighted by Gasteiger charge is -2.31. The van der Waals surface area contributed by atoms with Gasteiger partial charge in [0, 0.05) is 6.61 Å². The van der Waals surface area contributed by atoms with E-state index in [1.54, 1.807) is 6.08 Å². The van der Waals surface area contributed by atoms with Gasteiger partial charge in [-0.3, -0.25) is 0 Å². The van der Waals surface area contributed by atoms with Gasteiger partial charge in [-0.25, -0.2) is 0 Å². The van der Waals surface area contributed by atoms with Crippen molar-refractivity contribution in [2.24, 2.45) is 0 Å². The summed E-state index contributed by atoms with van der Waals surface area (Å²) < 4.78 is 0. The Labute approximate surface area is 94.8 Å². The molecule has 1 aliphatic rings. The molecular weight excluding hydrogens is 222 g/mol. The van der Waals surface area contributed by atoms with Crippen molar-refractivity contribution in [3.05, 3.63) is 12.2 Å². The summed E-state index contributed by atoms with van der Waals surface area (Å²) in [6, 6.07) is -0.361. The van der Waals surface area contributed by atoms with Crippen molar-refractivity contribution in [3.8, 4) is 0 Å². The molecule has 0 radical (unpaired) electrons. The Hall–Kier alpha value is -0.170. The second-order valence-electron chi connectivity index (χ2n) is 3.41. The maximum atomic E-state index is 9.52. The molecule has 1 aliphatic carbocycles. The van der Waals surface area contributed by atoms with Gasteiger partial charge in [-0.15, -0.1) is 12.4 Å². The number of halogens is 1. The average Bonchev–Trinajstić information content (AvgIpc) is 2.18. The van der Waals surface area contributed by atoms with Crippen molar-refractivity contribution in [2.75, 3.05) is 13.2 Å².